The summed E-state index contributed by atoms with van der Waals surface area (Å²) in [5.41, 5.74) is 6.46. The monoisotopic (exact) mass is 339 g/mol. The molecule has 7 heteroatoms. The Morgan fingerprint density at radius 3 is 2.91 bits per heavy atom. The second-order valence-electron chi connectivity index (χ2n) is 4.65. The Kier molecular flexibility index (Phi) is 5.63. The quantitative estimate of drug-likeness (QED) is 0.793. The van der Waals surface area contributed by atoms with Gasteiger partial charge in [0.05, 0.1) is 28.4 Å². The lowest BCUT2D eigenvalue weighted by atomic mass is 10.1. The minimum absolute atomic E-state index is 0.244. The molecular weight excluding hydrogens is 322 g/mol. The molecule has 0 aliphatic rings. The number of carbonyl (C=O) groups is 1. The van der Waals surface area contributed by atoms with Gasteiger partial charge in [-0.1, -0.05) is 18.5 Å². The molecule has 0 radical (unpaired) electrons. The summed E-state index contributed by atoms with van der Waals surface area (Å²) < 4.78 is 5.18. The Morgan fingerprint density at radius 1 is 1.50 bits per heavy atom. The SMILES string of the molecule is CCc1cnc(CCNC(=O)c2cc(Cl)c(N)cc2OC)s1. The van der Waals surface area contributed by atoms with Crippen LogP contribution in [0.1, 0.15) is 27.2 Å². The van der Waals surface area contributed by atoms with Crippen LogP contribution >= 0.6 is 22.9 Å². The minimum atomic E-state index is -0.244. The number of nitrogens with zero attached hydrogens (tertiary/aromatic N) is 1. The fourth-order valence-corrected chi connectivity index (χ4v) is 2.95. The normalized spacial score (nSPS) is 10.5. The Balaban J connectivity index is 1.98. The number of aryl methyl sites for hydroxylation is 1. The van der Waals surface area contributed by atoms with Crippen molar-refractivity contribution in [2.24, 2.45) is 0 Å². The van der Waals surface area contributed by atoms with E-state index in [1.165, 1.54) is 18.1 Å². The van der Waals surface area contributed by atoms with Crippen LogP contribution < -0.4 is 15.8 Å². The fraction of sp³-hybridized carbons (Fsp3) is 0.333. The number of thiazole rings is 1. The third-order valence-electron chi connectivity index (χ3n) is 3.14. The van der Waals surface area contributed by atoms with Gasteiger partial charge in [-0.05, 0) is 12.5 Å². The Morgan fingerprint density at radius 2 is 2.27 bits per heavy atom. The van der Waals surface area contributed by atoms with Gasteiger partial charge in [0.25, 0.3) is 5.91 Å². The van der Waals surface area contributed by atoms with Crippen LogP contribution in [-0.2, 0) is 12.8 Å². The maximum absolute atomic E-state index is 12.2. The van der Waals surface area contributed by atoms with Gasteiger partial charge in [0.1, 0.15) is 5.75 Å². The van der Waals surface area contributed by atoms with Crippen LogP contribution in [0.5, 0.6) is 5.75 Å². The highest BCUT2D eigenvalue weighted by molar-refractivity contribution is 7.11. The number of halogens is 1. The molecule has 0 fully saturated rings. The maximum atomic E-state index is 12.2. The van der Waals surface area contributed by atoms with Crippen molar-refractivity contribution < 1.29 is 9.53 Å². The number of carbonyl (C=O) groups excluding carboxylic acids is 1. The molecule has 1 aromatic heterocycles. The molecule has 2 rings (SSSR count). The summed E-state index contributed by atoms with van der Waals surface area (Å²) in [5, 5.41) is 4.19. The number of hydrogen-bond acceptors (Lipinski definition) is 5. The van der Waals surface area contributed by atoms with Gasteiger partial charge >= 0.3 is 0 Å². The van der Waals surface area contributed by atoms with Crippen molar-refractivity contribution >= 4 is 34.5 Å². The Bertz CT molecular complexity index is 673. The van der Waals surface area contributed by atoms with Crippen molar-refractivity contribution in [1.29, 1.82) is 0 Å². The topological polar surface area (TPSA) is 77.2 Å². The molecule has 2 aromatic rings. The van der Waals surface area contributed by atoms with Crippen molar-refractivity contribution in [2.75, 3.05) is 19.4 Å². The largest absolute Gasteiger partial charge is 0.496 e. The van der Waals surface area contributed by atoms with Gasteiger partial charge in [-0.15, -0.1) is 11.3 Å². The van der Waals surface area contributed by atoms with Crippen molar-refractivity contribution in [3.05, 3.63) is 38.8 Å². The van der Waals surface area contributed by atoms with E-state index >= 15 is 0 Å². The minimum Gasteiger partial charge on any atom is -0.496 e. The molecule has 22 heavy (non-hydrogen) atoms. The zero-order valence-electron chi connectivity index (χ0n) is 12.5. The number of methoxy groups -OCH3 is 1. The number of hydrogen-bond donors (Lipinski definition) is 2. The molecule has 0 aliphatic carbocycles. The van der Waals surface area contributed by atoms with Crippen molar-refractivity contribution in [3.63, 3.8) is 0 Å². The standard InChI is InChI=1S/C15H18ClN3O2S/c1-3-9-8-19-14(22-9)4-5-18-15(20)10-6-11(16)12(17)7-13(10)21-2/h6-8H,3-5,17H2,1-2H3,(H,18,20). The van der Waals surface area contributed by atoms with Gasteiger partial charge < -0.3 is 15.8 Å². The van der Waals surface area contributed by atoms with Crippen molar-refractivity contribution in [1.82, 2.24) is 10.3 Å². The average molecular weight is 340 g/mol. The Labute approximate surface area is 138 Å². The zero-order chi connectivity index (χ0) is 16.1. The number of amides is 1. The number of nitrogen functional groups attached to an aromatic ring is 1. The van der Waals surface area contributed by atoms with Gasteiger partial charge in [-0.2, -0.15) is 0 Å². The summed E-state index contributed by atoms with van der Waals surface area (Å²) >= 11 is 7.63. The highest BCUT2D eigenvalue weighted by atomic mass is 35.5. The van der Waals surface area contributed by atoms with Crippen LogP contribution in [-0.4, -0.2) is 24.5 Å². The van der Waals surface area contributed by atoms with E-state index in [0.29, 0.717) is 35.0 Å². The molecule has 0 saturated heterocycles. The predicted molar refractivity (Wildman–Crippen MR) is 89.9 cm³/mol. The molecule has 118 valence electrons. The van der Waals surface area contributed by atoms with Crippen LogP contribution in [0.3, 0.4) is 0 Å². The summed E-state index contributed by atoms with van der Waals surface area (Å²) in [6.45, 7) is 2.59. The van der Waals surface area contributed by atoms with Gasteiger partial charge in [0.15, 0.2) is 0 Å². The lowest BCUT2D eigenvalue weighted by Gasteiger charge is -2.11. The first-order valence-electron chi connectivity index (χ1n) is 6.90. The number of anilines is 1. The molecule has 1 amide bonds. The number of nitrogens with one attached hydrogen (secondary N) is 1. The fourth-order valence-electron chi connectivity index (χ4n) is 1.92. The molecule has 1 aromatic carbocycles. The lowest BCUT2D eigenvalue weighted by Crippen LogP contribution is -2.26. The molecule has 5 nitrogen and oxygen atoms in total. The number of rotatable bonds is 6. The van der Waals surface area contributed by atoms with Crippen LogP contribution in [0.4, 0.5) is 5.69 Å². The third kappa shape index (κ3) is 3.90. The van der Waals surface area contributed by atoms with E-state index in [1.54, 1.807) is 17.4 Å². The summed E-state index contributed by atoms with van der Waals surface area (Å²) in [5.74, 6) is 0.160. The van der Waals surface area contributed by atoms with Crippen LogP contribution in [0.25, 0.3) is 0 Å². The molecule has 0 bridgehead atoms. The van der Waals surface area contributed by atoms with Crippen molar-refractivity contribution in [3.8, 4) is 5.75 Å². The highest BCUT2D eigenvalue weighted by Crippen LogP contribution is 2.28. The van der Waals surface area contributed by atoms with Gasteiger partial charge in [-0.25, -0.2) is 4.98 Å². The van der Waals surface area contributed by atoms with Crippen LogP contribution in [0, 0.1) is 0 Å². The summed E-state index contributed by atoms with van der Waals surface area (Å²) in [4.78, 5) is 17.8. The predicted octanol–water partition coefficient (Wildman–Crippen LogP) is 2.92. The number of ether oxygens (including phenoxy) is 1. The van der Waals surface area contributed by atoms with E-state index < -0.39 is 0 Å². The maximum Gasteiger partial charge on any atom is 0.255 e. The second-order valence-corrected chi connectivity index (χ2v) is 6.26. The summed E-state index contributed by atoms with van der Waals surface area (Å²) in [7, 11) is 1.49. The zero-order valence-corrected chi connectivity index (χ0v) is 14.1. The first-order chi connectivity index (χ1) is 10.5. The molecular formula is C15H18ClN3O2S. The second kappa shape index (κ2) is 7.47. The first-order valence-corrected chi connectivity index (χ1v) is 8.09. The molecule has 0 unspecified atom stereocenters. The molecule has 0 saturated carbocycles. The smallest absolute Gasteiger partial charge is 0.255 e. The molecule has 1 heterocycles. The van der Waals surface area contributed by atoms with Gasteiger partial charge in [0.2, 0.25) is 0 Å². The van der Waals surface area contributed by atoms with Crippen molar-refractivity contribution in [2.45, 2.75) is 19.8 Å². The summed E-state index contributed by atoms with van der Waals surface area (Å²) in [6.07, 6.45) is 3.55. The molecule has 3 N–H and O–H groups in total. The van der Waals surface area contributed by atoms with Crippen LogP contribution in [0.2, 0.25) is 5.02 Å². The average Bonchev–Trinajstić information content (AvgIpc) is 2.97. The number of benzene rings is 1. The van der Waals surface area contributed by atoms with E-state index in [9.17, 15) is 4.79 Å². The lowest BCUT2D eigenvalue weighted by molar-refractivity contribution is 0.0951. The van der Waals surface area contributed by atoms with E-state index in [-0.39, 0.29) is 5.91 Å². The molecule has 0 aliphatic heterocycles. The van der Waals surface area contributed by atoms with Gasteiger partial charge in [0, 0.05) is 30.1 Å². The van der Waals surface area contributed by atoms with E-state index in [0.717, 1.165) is 11.4 Å². The number of aromatic nitrogens is 1. The summed E-state index contributed by atoms with van der Waals surface area (Å²) in [6, 6.07) is 3.06. The third-order valence-corrected chi connectivity index (χ3v) is 4.67. The molecule has 0 atom stereocenters. The first kappa shape index (κ1) is 16.6. The Hall–Kier alpha value is -1.79. The number of nitrogens with two attached hydrogens (primary N) is 1. The van der Waals surface area contributed by atoms with E-state index in [1.807, 2.05) is 6.20 Å². The highest BCUT2D eigenvalue weighted by Gasteiger charge is 2.14. The van der Waals surface area contributed by atoms with Gasteiger partial charge in [-0.3, -0.25) is 4.79 Å². The van der Waals surface area contributed by atoms with Crippen LogP contribution in [0.15, 0.2) is 18.3 Å². The van der Waals surface area contributed by atoms with E-state index in [2.05, 4.69) is 17.2 Å². The molecule has 0 spiro atoms. The van der Waals surface area contributed by atoms with E-state index in [4.69, 9.17) is 22.1 Å².